The van der Waals surface area contributed by atoms with Crippen LogP contribution in [0.4, 0.5) is 0 Å². The molecule has 0 bridgehead atoms. The number of aliphatic carboxylic acids is 1. The first-order valence-corrected chi connectivity index (χ1v) is 4.59. The highest BCUT2D eigenvalue weighted by atomic mass is 16.7. The van der Waals surface area contributed by atoms with E-state index >= 15 is 0 Å². The van der Waals surface area contributed by atoms with Gasteiger partial charge in [-0.3, -0.25) is 14.9 Å². The van der Waals surface area contributed by atoms with E-state index in [-0.39, 0.29) is 12.3 Å². The minimum Gasteiger partial charge on any atom is -0.480 e. The van der Waals surface area contributed by atoms with Crippen LogP contribution in [-0.2, 0) is 4.79 Å². The van der Waals surface area contributed by atoms with E-state index in [1.807, 2.05) is 0 Å². The van der Waals surface area contributed by atoms with Gasteiger partial charge in [-0.1, -0.05) is 12.2 Å². The van der Waals surface area contributed by atoms with Crippen molar-refractivity contribution in [1.82, 2.24) is 0 Å². The van der Waals surface area contributed by atoms with Gasteiger partial charge in [0.2, 0.25) is 0 Å². The van der Waals surface area contributed by atoms with Gasteiger partial charge in [0.25, 0.3) is 0 Å². The molecule has 0 saturated carbocycles. The molecule has 1 rings (SSSR count). The Hall–Kier alpha value is -1.73. The topological polar surface area (TPSA) is 127 Å². The lowest BCUT2D eigenvalue weighted by Crippen LogP contribution is -2.36. The van der Waals surface area contributed by atoms with Gasteiger partial charge in [0, 0.05) is 12.2 Å². The number of carboxylic acid groups (broad SMARTS) is 1. The molecular formula is C9H12N2O5. The molecule has 0 fully saturated rings. The van der Waals surface area contributed by atoms with Gasteiger partial charge < -0.3 is 15.9 Å². The number of rotatable bonds is 4. The zero-order chi connectivity index (χ0) is 12.3. The van der Waals surface area contributed by atoms with Crippen LogP contribution in [0, 0.1) is 16.0 Å². The summed E-state index contributed by atoms with van der Waals surface area (Å²) < 4.78 is 0. The quantitative estimate of drug-likeness (QED) is 0.257. The number of hydrogen-bond donors (Lipinski definition) is 3. The predicted octanol–water partition coefficient (Wildman–Crippen LogP) is -0.504. The fraction of sp³-hybridized carbons (Fsp3) is 0.444. The molecule has 7 heteroatoms. The Morgan fingerprint density at radius 2 is 2.06 bits per heavy atom. The normalized spacial score (nSPS) is 30.0. The van der Waals surface area contributed by atoms with Gasteiger partial charge in [-0.25, -0.2) is 0 Å². The van der Waals surface area contributed by atoms with Gasteiger partial charge in [-0.15, -0.1) is 0 Å². The van der Waals surface area contributed by atoms with E-state index < -0.39 is 22.7 Å². The Bertz CT molecular complexity index is 349. The molecule has 1 aliphatic carbocycles. The fourth-order valence-corrected chi connectivity index (χ4v) is 1.32. The average molecular weight is 228 g/mol. The lowest BCUT2D eigenvalue weighted by molar-refractivity contribution is -0.591. The van der Waals surface area contributed by atoms with Gasteiger partial charge in [0.05, 0.1) is 4.92 Å². The molecule has 16 heavy (non-hydrogen) atoms. The second-order valence-corrected chi connectivity index (χ2v) is 3.60. The minimum absolute atomic E-state index is 0.135. The number of aliphatic hydroxyl groups is 1. The van der Waals surface area contributed by atoms with Gasteiger partial charge >= 0.3 is 11.7 Å². The van der Waals surface area contributed by atoms with E-state index in [2.05, 4.69) is 0 Å². The number of carbonyl (C=O) groups is 1. The van der Waals surface area contributed by atoms with Crippen LogP contribution < -0.4 is 5.73 Å². The first-order chi connectivity index (χ1) is 7.35. The third kappa shape index (κ3) is 2.65. The van der Waals surface area contributed by atoms with Crippen molar-refractivity contribution in [3.05, 3.63) is 34.4 Å². The van der Waals surface area contributed by atoms with Crippen molar-refractivity contribution < 1.29 is 19.9 Å². The highest BCUT2D eigenvalue weighted by molar-refractivity contribution is 5.73. The van der Waals surface area contributed by atoms with Gasteiger partial charge in [-0.05, 0) is 12.3 Å². The van der Waals surface area contributed by atoms with Crippen molar-refractivity contribution in [2.24, 2.45) is 11.7 Å². The summed E-state index contributed by atoms with van der Waals surface area (Å²) in [6.07, 6.45) is 4.94. The molecule has 0 heterocycles. The van der Waals surface area contributed by atoms with E-state index in [1.54, 1.807) is 0 Å². The molecule has 0 aromatic carbocycles. The number of nitro groups is 1. The maximum absolute atomic E-state index is 10.5. The predicted molar refractivity (Wildman–Crippen MR) is 53.9 cm³/mol. The smallest absolute Gasteiger partial charge is 0.361 e. The van der Waals surface area contributed by atoms with Crippen LogP contribution in [0.3, 0.4) is 0 Å². The van der Waals surface area contributed by atoms with Crippen molar-refractivity contribution in [3.63, 3.8) is 0 Å². The molecule has 0 spiro atoms. The third-order valence-corrected chi connectivity index (χ3v) is 2.31. The van der Waals surface area contributed by atoms with E-state index in [1.165, 1.54) is 12.2 Å². The number of carboxylic acids is 1. The molecule has 1 unspecified atom stereocenters. The molecule has 0 aromatic rings. The van der Waals surface area contributed by atoms with Crippen LogP contribution in [0.2, 0.25) is 0 Å². The fourth-order valence-electron chi connectivity index (χ4n) is 1.32. The second kappa shape index (κ2) is 4.42. The highest BCUT2D eigenvalue weighted by Gasteiger charge is 2.36. The monoisotopic (exact) mass is 228 g/mol. The van der Waals surface area contributed by atoms with Crippen molar-refractivity contribution in [3.8, 4) is 0 Å². The summed E-state index contributed by atoms with van der Waals surface area (Å²) in [5.74, 6) is -1.44. The van der Waals surface area contributed by atoms with Crippen LogP contribution in [0.5, 0.6) is 0 Å². The van der Waals surface area contributed by atoms with Crippen molar-refractivity contribution >= 4 is 5.97 Å². The molecule has 4 N–H and O–H groups in total. The van der Waals surface area contributed by atoms with Crippen molar-refractivity contribution in [2.75, 3.05) is 0 Å². The first kappa shape index (κ1) is 12.3. The van der Waals surface area contributed by atoms with E-state index in [0.717, 1.165) is 12.2 Å². The lowest BCUT2D eigenvalue weighted by atomic mass is 9.93. The van der Waals surface area contributed by atoms with Crippen LogP contribution in [-0.4, -0.2) is 32.9 Å². The number of nitrogens with two attached hydrogens (primary N) is 1. The molecule has 0 amide bonds. The summed E-state index contributed by atoms with van der Waals surface area (Å²) in [7, 11) is 0. The van der Waals surface area contributed by atoms with Crippen molar-refractivity contribution in [1.29, 1.82) is 0 Å². The zero-order valence-electron chi connectivity index (χ0n) is 8.31. The van der Waals surface area contributed by atoms with Crippen LogP contribution in [0.15, 0.2) is 24.3 Å². The van der Waals surface area contributed by atoms with Gasteiger partial charge in [-0.2, -0.15) is 0 Å². The molecule has 0 saturated heterocycles. The van der Waals surface area contributed by atoms with Gasteiger partial charge in [0.1, 0.15) is 6.04 Å². The van der Waals surface area contributed by atoms with Crippen LogP contribution >= 0.6 is 0 Å². The molecule has 0 aliphatic heterocycles. The van der Waals surface area contributed by atoms with Gasteiger partial charge in [0.15, 0.2) is 0 Å². The van der Waals surface area contributed by atoms with Crippen LogP contribution in [0.25, 0.3) is 0 Å². The average Bonchev–Trinajstić information content (AvgIpc) is 2.21. The largest absolute Gasteiger partial charge is 0.480 e. The summed E-state index contributed by atoms with van der Waals surface area (Å²) >= 11 is 0. The van der Waals surface area contributed by atoms with Crippen molar-refractivity contribution in [2.45, 2.75) is 18.2 Å². The summed E-state index contributed by atoms with van der Waals surface area (Å²) in [6.45, 7) is 0. The minimum atomic E-state index is -2.19. The summed E-state index contributed by atoms with van der Waals surface area (Å²) in [5.41, 5.74) is 3.12. The van der Waals surface area contributed by atoms with E-state index in [0.29, 0.717) is 0 Å². The first-order valence-electron chi connectivity index (χ1n) is 4.59. The Morgan fingerprint density at radius 1 is 1.56 bits per heavy atom. The Morgan fingerprint density at radius 3 is 2.44 bits per heavy atom. The molecular weight excluding hydrogens is 216 g/mol. The molecule has 1 atom stereocenters. The molecule has 88 valence electrons. The van der Waals surface area contributed by atoms with Crippen LogP contribution in [0.1, 0.15) is 6.42 Å². The lowest BCUT2D eigenvalue weighted by Gasteiger charge is -2.19. The number of allylic oxidation sites excluding steroid dienone is 2. The zero-order valence-corrected chi connectivity index (χ0v) is 8.31. The van der Waals surface area contributed by atoms with E-state index in [4.69, 9.17) is 10.8 Å². The molecule has 0 aromatic heterocycles. The molecule has 7 nitrogen and oxygen atoms in total. The Labute approximate surface area is 91.0 Å². The maximum Gasteiger partial charge on any atom is 0.361 e. The number of nitrogens with zero attached hydrogens (tertiary/aromatic N) is 1. The second-order valence-electron chi connectivity index (χ2n) is 3.60. The third-order valence-electron chi connectivity index (χ3n) is 2.31. The summed E-state index contributed by atoms with van der Waals surface area (Å²) in [5, 5.41) is 28.4. The Balaban J connectivity index is 2.64. The SMILES string of the molecule is NC(CC1C=CC(O)([N+](=O)[O-])C=C1)C(=O)O. The summed E-state index contributed by atoms with van der Waals surface area (Å²) in [4.78, 5) is 20.1. The summed E-state index contributed by atoms with van der Waals surface area (Å²) in [6, 6.07) is -1.03. The highest BCUT2D eigenvalue weighted by Crippen LogP contribution is 2.21. The number of hydrogen-bond acceptors (Lipinski definition) is 5. The molecule has 0 radical (unpaired) electrons. The maximum atomic E-state index is 10.5. The standard InChI is InChI=1S/C9H12N2O5/c10-7(8(12)13)5-6-1-3-9(14,4-2-6)11(15)16/h1-4,6-7,14H,5,10H2,(H,12,13). The molecule has 1 aliphatic rings. The van der Waals surface area contributed by atoms with E-state index in [9.17, 15) is 20.0 Å². The Kier molecular flexibility index (Phi) is 3.41.